The fourth-order valence-electron chi connectivity index (χ4n) is 3.52. The lowest BCUT2D eigenvalue weighted by atomic mass is 10.1. The normalized spacial score (nSPS) is 16.4. The van der Waals surface area contributed by atoms with Gasteiger partial charge in [0, 0.05) is 32.7 Å². The molecule has 1 aliphatic rings. The highest BCUT2D eigenvalue weighted by atomic mass is 127. The van der Waals surface area contributed by atoms with E-state index in [-0.39, 0.29) is 24.0 Å². The smallest absolute Gasteiger partial charge is 0.191 e. The van der Waals surface area contributed by atoms with E-state index in [1.807, 2.05) is 56.3 Å². The first kappa shape index (κ1) is 27.4. The molecule has 0 saturated carbocycles. The van der Waals surface area contributed by atoms with Gasteiger partial charge in [0.1, 0.15) is 12.4 Å². The maximum absolute atomic E-state index is 10.8. The van der Waals surface area contributed by atoms with Crippen LogP contribution in [0, 0.1) is 0 Å². The predicted octanol–water partition coefficient (Wildman–Crippen LogP) is 3.02. The van der Waals surface area contributed by atoms with Crippen LogP contribution in [0.15, 0.2) is 59.6 Å². The van der Waals surface area contributed by atoms with Gasteiger partial charge in [0.05, 0.1) is 25.4 Å². The molecular formula is C25H37IN4O3. The summed E-state index contributed by atoms with van der Waals surface area (Å²) in [6, 6.07) is 18.1. The minimum absolute atomic E-state index is 0. The van der Waals surface area contributed by atoms with Crippen LogP contribution < -0.4 is 15.4 Å². The number of nitrogens with one attached hydrogen (secondary N) is 2. The number of aliphatic hydroxyl groups is 1. The Bertz CT molecular complexity index is 825. The maximum Gasteiger partial charge on any atom is 0.191 e. The highest BCUT2D eigenvalue weighted by molar-refractivity contribution is 14.0. The number of morpholine rings is 1. The molecule has 2 aromatic carbocycles. The number of ether oxygens (including phenoxy) is 2. The van der Waals surface area contributed by atoms with Gasteiger partial charge in [-0.05, 0) is 37.1 Å². The molecule has 1 aliphatic heterocycles. The van der Waals surface area contributed by atoms with Crippen LogP contribution in [0.2, 0.25) is 0 Å². The van der Waals surface area contributed by atoms with E-state index in [1.54, 1.807) is 0 Å². The zero-order valence-corrected chi connectivity index (χ0v) is 22.0. The molecule has 0 spiro atoms. The molecule has 7 nitrogen and oxygen atoms in total. The van der Waals surface area contributed by atoms with Crippen LogP contribution in [0.25, 0.3) is 0 Å². The molecule has 0 aromatic heterocycles. The lowest BCUT2D eigenvalue weighted by molar-refractivity contribution is -0.0201. The molecule has 0 radical (unpaired) electrons. The van der Waals surface area contributed by atoms with Gasteiger partial charge >= 0.3 is 0 Å². The molecule has 1 heterocycles. The Balaban J connectivity index is 0.00000385. The van der Waals surface area contributed by atoms with Gasteiger partial charge in [-0.15, -0.1) is 24.0 Å². The molecule has 33 heavy (non-hydrogen) atoms. The molecule has 3 rings (SSSR count). The molecule has 1 saturated heterocycles. The summed E-state index contributed by atoms with van der Waals surface area (Å²) in [4.78, 5) is 6.90. The van der Waals surface area contributed by atoms with E-state index in [0.717, 1.165) is 49.7 Å². The molecule has 182 valence electrons. The topological polar surface area (TPSA) is 78.4 Å². The fraction of sp³-hybridized carbons (Fsp3) is 0.480. The minimum atomic E-state index is -0.856. The summed E-state index contributed by atoms with van der Waals surface area (Å²) in [5.74, 6) is 1.53. The monoisotopic (exact) mass is 568 g/mol. The first-order valence-electron chi connectivity index (χ1n) is 11.3. The van der Waals surface area contributed by atoms with Crippen molar-refractivity contribution in [2.45, 2.75) is 32.6 Å². The molecule has 0 amide bonds. The Morgan fingerprint density at radius 1 is 1.06 bits per heavy atom. The average molecular weight is 569 g/mol. The predicted molar refractivity (Wildman–Crippen MR) is 143 cm³/mol. The van der Waals surface area contributed by atoms with E-state index in [0.29, 0.717) is 32.2 Å². The van der Waals surface area contributed by atoms with Crippen LogP contribution in [0.4, 0.5) is 0 Å². The number of nitrogens with zero attached hydrogens (tertiary/aromatic N) is 2. The zero-order chi connectivity index (χ0) is 22.7. The van der Waals surface area contributed by atoms with E-state index in [2.05, 4.69) is 32.7 Å². The summed E-state index contributed by atoms with van der Waals surface area (Å²) in [6.07, 6.45) is 0. The van der Waals surface area contributed by atoms with Crippen LogP contribution in [0.3, 0.4) is 0 Å². The highest BCUT2D eigenvalue weighted by Crippen LogP contribution is 2.15. The minimum Gasteiger partial charge on any atom is -0.489 e. The van der Waals surface area contributed by atoms with E-state index >= 15 is 0 Å². The van der Waals surface area contributed by atoms with Gasteiger partial charge in [-0.2, -0.15) is 0 Å². The summed E-state index contributed by atoms with van der Waals surface area (Å²) in [7, 11) is 0. The van der Waals surface area contributed by atoms with Crippen molar-refractivity contribution in [2.24, 2.45) is 4.99 Å². The zero-order valence-electron chi connectivity index (χ0n) is 19.6. The van der Waals surface area contributed by atoms with E-state index < -0.39 is 5.60 Å². The molecule has 3 N–H and O–H groups in total. The summed E-state index contributed by atoms with van der Waals surface area (Å²) in [5.41, 5.74) is 1.38. The third-order valence-corrected chi connectivity index (χ3v) is 5.24. The van der Waals surface area contributed by atoms with Crippen LogP contribution in [0.1, 0.15) is 25.0 Å². The van der Waals surface area contributed by atoms with Gasteiger partial charge in [0.25, 0.3) is 0 Å². The molecule has 2 aromatic rings. The number of rotatable bonds is 10. The van der Waals surface area contributed by atoms with Gasteiger partial charge in [-0.25, -0.2) is 4.99 Å². The summed E-state index contributed by atoms with van der Waals surface area (Å²) >= 11 is 0. The Morgan fingerprint density at radius 3 is 2.42 bits per heavy atom. The van der Waals surface area contributed by atoms with E-state index in [1.165, 1.54) is 0 Å². The first-order valence-corrected chi connectivity index (χ1v) is 11.3. The summed E-state index contributed by atoms with van der Waals surface area (Å²) in [6.45, 7) is 9.92. The standard InChI is InChI=1S/C25H36N4O3.HI/c1-3-26-24(28-19-25(2,30)20-29-13-15-31-16-14-29)27-17-21-9-11-23(12-10-21)32-18-22-7-5-4-6-8-22;/h4-12,30H,3,13-20H2,1-2H3,(H2,26,27,28);1H. The van der Waals surface area contributed by atoms with E-state index in [9.17, 15) is 5.11 Å². The van der Waals surface area contributed by atoms with Crippen LogP contribution in [-0.4, -0.2) is 67.5 Å². The molecule has 1 unspecified atom stereocenters. The van der Waals surface area contributed by atoms with Crippen LogP contribution in [0.5, 0.6) is 5.75 Å². The molecule has 8 heteroatoms. The van der Waals surface area contributed by atoms with Gasteiger partial charge < -0.3 is 25.2 Å². The maximum atomic E-state index is 10.8. The number of hydrogen-bond donors (Lipinski definition) is 3. The highest BCUT2D eigenvalue weighted by Gasteiger charge is 2.25. The lowest BCUT2D eigenvalue weighted by Crippen LogP contribution is -2.52. The Labute approximate surface area is 214 Å². The molecule has 0 aliphatic carbocycles. The van der Waals surface area contributed by atoms with Crippen LogP contribution >= 0.6 is 24.0 Å². The third-order valence-electron chi connectivity index (χ3n) is 5.24. The number of hydrogen-bond acceptors (Lipinski definition) is 5. The van der Waals surface area contributed by atoms with Gasteiger partial charge in [0.2, 0.25) is 0 Å². The molecule has 0 bridgehead atoms. The number of benzene rings is 2. The Morgan fingerprint density at radius 2 is 1.76 bits per heavy atom. The first-order chi connectivity index (χ1) is 15.5. The third kappa shape index (κ3) is 10.3. The average Bonchev–Trinajstić information content (AvgIpc) is 2.81. The molecule has 1 fully saturated rings. The Hall–Kier alpha value is -1.88. The second kappa shape index (κ2) is 14.4. The fourth-order valence-corrected chi connectivity index (χ4v) is 3.52. The second-order valence-corrected chi connectivity index (χ2v) is 8.35. The quantitative estimate of drug-likeness (QED) is 0.233. The number of halogens is 1. The Kier molecular flexibility index (Phi) is 11.9. The number of aliphatic imine (C=N–C) groups is 1. The summed E-state index contributed by atoms with van der Waals surface area (Å²) < 4.78 is 11.2. The van der Waals surface area contributed by atoms with Crippen molar-refractivity contribution in [1.29, 1.82) is 0 Å². The molecular weight excluding hydrogens is 531 g/mol. The van der Waals surface area contributed by atoms with Crippen molar-refractivity contribution >= 4 is 29.9 Å². The van der Waals surface area contributed by atoms with Crippen molar-refractivity contribution in [3.8, 4) is 5.75 Å². The summed E-state index contributed by atoms with van der Waals surface area (Å²) in [5, 5.41) is 17.3. The lowest BCUT2D eigenvalue weighted by Gasteiger charge is -2.34. The van der Waals surface area contributed by atoms with Gasteiger partial charge in [-0.3, -0.25) is 4.90 Å². The second-order valence-electron chi connectivity index (χ2n) is 8.35. The van der Waals surface area contributed by atoms with Crippen molar-refractivity contribution in [2.75, 3.05) is 45.9 Å². The van der Waals surface area contributed by atoms with Crippen molar-refractivity contribution < 1.29 is 14.6 Å². The number of guanidine groups is 1. The largest absolute Gasteiger partial charge is 0.489 e. The SMILES string of the molecule is CCNC(=NCc1ccc(OCc2ccccc2)cc1)NCC(C)(O)CN1CCOCC1.I. The van der Waals surface area contributed by atoms with Crippen molar-refractivity contribution in [3.05, 3.63) is 65.7 Å². The van der Waals surface area contributed by atoms with Gasteiger partial charge in [0.15, 0.2) is 5.96 Å². The van der Waals surface area contributed by atoms with E-state index in [4.69, 9.17) is 9.47 Å². The van der Waals surface area contributed by atoms with Gasteiger partial charge in [-0.1, -0.05) is 42.5 Å². The number of β-amino-alcohol motifs (C(OH)–C–C–N with tert-alkyl or cyclic N) is 1. The van der Waals surface area contributed by atoms with Crippen molar-refractivity contribution in [3.63, 3.8) is 0 Å². The van der Waals surface area contributed by atoms with Crippen molar-refractivity contribution in [1.82, 2.24) is 15.5 Å². The molecule has 1 atom stereocenters. The van der Waals surface area contributed by atoms with Crippen LogP contribution in [-0.2, 0) is 17.9 Å².